The third-order valence-electron chi connectivity index (χ3n) is 2.52. The highest BCUT2D eigenvalue weighted by molar-refractivity contribution is 6.33. The lowest BCUT2D eigenvalue weighted by Gasteiger charge is -2.08. The molecule has 0 unspecified atom stereocenters. The third-order valence-corrected chi connectivity index (χ3v) is 3.04. The van der Waals surface area contributed by atoms with Crippen molar-refractivity contribution in [1.82, 2.24) is 4.98 Å². The maximum atomic E-state index is 11.2. The van der Waals surface area contributed by atoms with Crippen molar-refractivity contribution in [3.63, 3.8) is 0 Å². The normalized spacial score (nSPS) is 10.4. The number of aromatic carboxylic acids is 1. The molecule has 0 atom stereocenters. The Morgan fingerprint density at radius 3 is 2.56 bits per heavy atom. The van der Waals surface area contributed by atoms with E-state index in [9.17, 15) is 4.79 Å². The molecule has 0 radical (unpaired) electrons. The lowest BCUT2D eigenvalue weighted by Crippen LogP contribution is -2.01. The molecule has 2 aromatic rings. The molecule has 1 aromatic carbocycles. The van der Waals surface area contributed by atoms with Crippen molar-refractivity contribution >= 4 is 29.2 Å². The molecule has 1 N–H and O–H groups in total. The molecule has 1 heterocycles. The molecule has 0 aliphatic heterocycles. The van der Waals surface area contributed by atoms with E-state index in [4.69, 9.17) is 28.3 Å². The van der Waals surface area contributed by atoms with Gasteiger partial charge in [0.15, 0.2) is 0 Å². The van der Waals surface area contributed by atoms with Crippen molar-refractivity contribution in [3.05, 3.63) is 51.8 Å². The molecule has 0 saturated carbocycles. The fourth-order valence-corrected chi connectivity index (χ4v) is 2.15. The molecule has 0 fully saturated rings. The van der Waals surface area contributed by atoms with Crippen molar-refractivity contribution < 1.29 is 9.90 Å². The van der Waals surface area contributed by atoms with Crippen LogP contribution in [-0.2, 0) is 0 Å². The monoisotopic (exact) mass is 281 g/mol. The van der Waals surface area contributed by atoms with E-state index in [1.807, 2.05) is 13.0 Å². The number of benzene rings is 1. The number of halogens is 2. The SMILES string of the molecule is Cc1ccc(-c2cnc(Cl)cc2C(=O)O)c(Cl)c1. The van der Waals surface area contributed by atoms with Gasteiger partial charge in [-0.2, -0.15) is 0 Å². The predicted octanol–water partition coefficient (Wildman–Crippen LogP) is 4.06. The van der Waals surface area contributed by atoms with Crippen LogP contribution in [0, 0.1) is 6.92 Å². The van der Waals surface area contributed by atoms with Crippen LogP contribution in [0.15, 0.2) is 30.5 Å². The Bertz CT molecular complexity index is 626. The maximum absolute atomic E-state index is 11.2. The van der Waals surface area contributed by atoms with Crippen LogP contribution >= 0.6 is 23.2 Å². The highest BCUT2D eigenvalue weighted by Crippen LogP contribution is 2.31. The first-order chi connectivity index (χ1) is 8.49. The van der Waals surface area contributed by atoms with Crippen LogP contribution in [0.1, 0.15) is 15.9 Å². The second-order valence-corrected chi connectivity index (χ2v) is 4.64. The first kappa shape index (κ1) is 12.9. The Kier molecular flexibility index (Phi) is 3.55. The van der Waals surface area contributed by atoms with Gasteiger partial charge < -0.3 is 5.11 Å². The quantitative estimate of drug-likeness (QED) is 0.845. The number of carboxylic acid groups (broad SMARTS) is 1. The van der Waals surface area contributed by atoms with Crippen LogP contribution in [0.2, 0.25) is 10.2 Å². The van der Waals surface area contributed by atoms with Crippen molar-refractivity contribution in [2.75, 3.05) is 0 Å². The van der Waals surface area contributed by atoms with E-state index >= 15 is 0 Å². The average molecular weight is 282 g/mol. The van der Waals surface area contributed by atoms with Crippen LogP contribution in [-0.4, -0.2) is 16.1 Å². The van der Waals surface area contributed by atoms with Gasteiger partial charge in [0.05, 0.1) is 5.56 Å². The largest absolute Gasteiger partial charge is 0.478 e. The Balaban J connectivity index is 2.67. The molecule has 0 aliphatic carbocycles. The van der Waals surface area contributed by atoms with Crippen LogP contribution < -0.4 is 0 Å². The van der Waals surface area contributed by atoms with Crippen molar-refractivity contribution in [2.24, 2.45) is 0 Å². The molecule has 5 heteroatoms. The van der Waals surface area contributed by atoms with Crippen LogP contribution in [0.5, 0.6) is 0 Å². The molecular weight excluding hydrogens is 273 g/mol. The van der Waals surface area contributed by atoms with E-state index in [1.54, 1.807) is 12.1 Å². The van der Waals surface area contributed by atoms with Gasteiger partial charge in [-0.25, -0.2) is 9.78 Å². The van der Waals surface area contributed by atoms with Gasteiger partial charge in [-0.05, 0) is 24.6 Å². The molecule has 0 amide bonds. The summed E-state index contributed by atoms with van der Waals surface area (Å²) in [5.74, 6) is -1.06. The van der Waals surface area contributed by atoms with Crippen LogP contribution in [0.25, 0.3) is 11.1 Å². The molecular formula is C13H9Cl2NO2. The number of rotatable bonds is 2. The first-order valence-corrected chi connectivity index (χ1v) is 5.90. The number of pyridine rings is 1. The number of aromatic nitrogens is 1. The lowest BCUT2D eigenvalue weighted by atomic mass is 10.0. The van der Waals surface area contributed by atoms with E-state index in [0.717, 1.165) is 5.56 Å². The van der Waals surface area contributed by atoms with Gasteiger partial charge in [0.2, 0.25) is 0 Å². The minimum atomic E-state index is -1.06. The van der Waals surface area contributed by atoms with Crippen molar-refractivity contribution in [3.8, 4) is 11.1 Å². The highest BCUT2D eigenvalue weighted by Gasteiger charge is 2.15. The fourth-order valence-electron chi connectivity index (χ4n) is 1.66. The summed E-state index contributed by atoms with van der Waals surface area (Å²) < 4.78 is 0. The van der Waals surface area contributed by atoms with Gasteiger partial charge in [-0.3, -0.25) is 0 Å². The smallest absolute Gasteiger partial charge is 0.336 e. The summed E-state index contributed by atoms with van der Waals surface area (Å²) >= 11 is 11.8. The van der Waals surface area contributed by atoms with E-state index in [2.05, 4.69) is 4.98 Å². The van der Waals surface area contributed by atoms with Crippen molar-refractivity contribution in [2.45, 2.75) is 6.92 Å². The number of hydrogen-bond acceptors (Lipinski definition) is 2. The molecule has 3 nitrogen and oxygen atoms in total. The number of hydrogen-bond donors (Lipinski definition) is 1. The van der Waals surface area contributed by atoms with Gasteiger partial charge in [-0.15, -0.1) is 0 Å². The summed E-state index contributed by atoms with van der Waals surface area (Å²) in [6.07, 6.45) is 1.42. The van der Waals surface area contributed by atoms with Gasteiger partial charge in [0.25, 0.3) is 0 Å². The zero-order valence-electron chi connectivity index (χ0n) is 9.45. The van der Waals surface area contributed by atoms with Gasteiger partial charge in [0.1, 0.15) is 5.15 Å². The topological polar surface area (TPSA) is 50.2 Å². The fraction of sp³-hybridized carbons (Fsp3) is 0.0769. The zero-order valence-corrected chi connectivity index (χ0v) is 11.0. The molecule has 0 aliphatic rings. The molecule has 0 saturated heterocycles. The van der Waals surface area contributed by atoms with Crippen LogP contribution in [0.4, 0.5) is 0 Å². The second-order valence-electron chi connectivity index (χ2n) is 3.84. The van der Waals surface area contributed by atoms with E-state index in [-0.39, 0.29) is 10.7 Å². The van der Waals surface area contributed by atoms with Gasteiger partial charge in [0, 0.05) is 22.3 Å². The Morgan fingerprint density at radius 2 is 1.94 bits per heavy atom. The number of carboxylic acids is 1. The molecule has 2 rings (SSSR count). The average Bonchev–Trinajstić information content (AvgIpc) is 2.29. The zero-order chi connectivity index (χ0) is 13.3. The Hall–Kier alpha value is -1.58. The molecule has 92 valence electrons. The van der Waals surface area contributed by atoms with Crippen molar-refractivity contribution in [1.29, 1.82) is 0 Å². The molecule has 18 heavy (non-hydrogen) atoms. The third kappa shape index (κ3) is 2.47. The summed E-state index contributed by atoms with van der Waals surface area (Å²) in [5.41, 5.74) is 2.17. The predicted molar refractivity (Wildman–Crippen MR) is 71.4 cm³/mol. The summed E-state index contributed by atoms with van der Waals surface area (Å²) in [4.78, 5) is 15.1. The van der Waals surface area contributed by atoms with E-state index in [0.29, 0.717) is 16.1 Å². The van der Waals surface area contributed by atoms with E-state index < -0.39 is 5.97 Å². The summed E-state index contributed by atoms with van der Waals surface area (Å²) in [6.45, 7) is 1.91. The number of aryl methyl sites for hydroxylation is 1. The minimum absolute atomic E-state index is 0.0840. The Labute approximate surface area is 114 Å². The maximum Gasteiger partial charge on any atom is 0.336 e. The standard InChI is InChI=1S/C13H9Cl2NO2/c1-7-2-3-8(11(14)4-7)10-6-16-12(15)5-9(10)13(17)18/h2-6H,1H3,(H,17,18). The summed E-state index contributed by atoms with van der Waals surface area (Å²) in [6, 6.07) is 6.73. The van der Waals surface area contributed by atoms with E-state index in [1.165, 1.54) is 12.3 Å². The Morgan fingerprint density at radius 1 is 1.22 bits per heavy atom. The first-order valence-electron chi connectivity index (χ1n) is 5.14. The van der Waals surface area contributed by atoms with Crippen LogP contribution in [0.3, 0.4) is 0 Å². The number of carbonyl (C=O) groups is 1. The van der Waals surface area contributed by atoms with Gasteiger partial charge >= 0.3 is 5.97 Å². The summed E-state index contributed by atoms with van der Waals surface area (Å²) in [7, 11) is 0. The minimum Gasteiger partial charge on any atom is -0.478 e. The molecule has 0 bridgehead atoms. The lowest BCUT2D eigenvalue weighted by molar-refractivity contribution is 0.0697. The molecule has 0 spiro atoms. The number of nitrogens with zero attached hydrogens (tertiary/aromatic N) is 1. The molecule has 1 aromatic heterocycles. The highest BCUT2D eigenvalue weighted by atomic mass is 35.5. The second kappa shape index (κ2) is 4.96. The summed E-state index contributed by atoms with van der Waals surface area (Å²) in [5, 5.41) is 9.79. The van der Waals surface area contributed by atoms with Gasteiger partial charge in [-0.1, -0.05) is 35.3 Å².